The Morgan fingerprint density at radius 2 is 1.76 bits per heavy atom. The first-order chi connectivity index (χ1) is 7.73. The lowest BCUT2D eigenvalue weighted by molar-refractivity contribution is 0.173. The maximum atomic E-state index is 11.3. The number of sulfone groups is 1. The normalized spacial score (nSPS) is 15.6. The van der Waals surface area contributed by atoms with Crippen molar-refractivity contribution in [2.45, 2.75) is 24.7 Å². The zero-order valence-corrected chi connectivity index (χ0v) is 11.9. The van der Waals surface area contributed by atoms with Crippen LogP contribution in [0.15, 0.2) is 18.2 Å². The molecule has 0 radical (unpaired) electrons. The van der Waals surface area contributed by atoms with E-state index in [1.807, 2.05) is 0 Å². The molecule has 1 N–H and O–H groups in total. The molecular formula is C11H14Cl2O3S. The van der Waals surface area contributed by atoms with Gasteiger partial charge in [-0.1, -0.05) is 29.3 Å². The second-order valence-electron chi connectivity index (χ2n) is 4.01. The number of benzene rings is 1. The fourth-order valence-electron chi connectivity index (χ4n) is 1.39. The predicted molar refractivity (Wildman–Crippen MR) is 70.5 cm³/mol. The number of hydrogen-bond donors (Lipinski definition) is 1. The van der Waals surface area contributed by atoms with E-state index in [-0.39, 0.29) is 6.42 Å². The van der Waals surface area contributed by atoms with Crippen LogP contribution in [-0.2, 0) is 16.3 Å². The maximum absolute atomic E-state index is 11.3. The zero-order chi connectivity index (χ0) is 13.2. The van der Waals surface area contributed by atoms with Gasteiger partial charge in [-0.3, -0.25) is 0 Å². The first-order valence-corrected chi connectivity index (χ1v) is 7.74. The molecule has 0 saturated heterocycles. The predicted octanol–water partition coefficient (Wildman–Crippen LogP) is 2.33. The van der Waals surface area contributed by atoms with E-state index in [4.69, 9.17) is 23.2 Å². The topological polar surface area (TPSA) is 54.4 Å². The van der Waals surface area contributed by atoms with Gasteiger partial charge in [0.1, 0.15) is 0 Å². The molecule has 6 heteroatoms. The molecule has 17 heavy (non-hydrogen) atoms. The molecule has 1 aromatic carbocycles. The molecule has 0 aliphatic heterocycles. The monoisotopic (exact) mass is 296 g/mol. The average Bonchev–Trinajstić information content (AvgIpc) is 2.21. The van der Waals surface area contributed by atoms with Gasteiger partial charge in [-0.25, -0.2) is 8.42 Å². The summed E-state index contributed by atoms with van der Waals surface area (Å²) in [5.74, 6) is 0. The van der Waals surface area contributed by atoms with Crippen LogP contribution in [0.4, 0.5) is 0 Å². The third kappa shape index (κ3) is 3.85. The van der Waals surface area contributed by atoms with Gasteiger partial charge in [0.15, 0.2) is 9.84 Å². The molecule has 0 amide bonds. The van der Waals surface area contributed by atoms with Crippen molar-refractivity contribution in [3.8, 4) is 0 Å². The van der Waals surface area contributed by atoms with Gasteiger partial charge in [-0.2, -0.15) is 0 Å². The zero-order valence-electron chi connectivity index (χ0n) is 9.52. The highest BCUT2D eigenvalue weighted by molar-refractivity contribution is 7.91. The number of rotatable bonds is 4. The molecule has 0 spiro atoms. The molecule has 96 valence electrons. The highest BCUT2D eigenvalue weighted by Crippen LogP contribution is 2.26. The Balaban J connectivity index is 2.92. The van der Waals surface area contributed by atoms with E-state index in [0.29, 0.717) is 15.6 Å². The van der Waals surface area contributed by atoms with Gasteiger partial charge in [0.2, 0.25) is 0 Å². The Labute approximate surface area is 111 Å². The molecule has 3 nitrogen and oxygen atoms in total. The van der Waals surface area contributed by atoms with Gasteiger partial charge in [0.25, 0.3) is 0 Å². The van der Waals surface area contributed by atoms with Crippen molar-refractivity contribution in [1.29, 1.82) is 0 Å². The minimum Gasteiger partial charge on any atom is -0.391 e. The SMILES string of the molecule is CC(C(O)Cc1c(Cl)cccc1Cl)S(C)(=O)=O. The largest absolute Gasteiger partial charge is 0.391 e. The summed E-state index contributed by atoms with van der Waals surface area (Å²) in [5.41, 5.74) is 0.568. The Morgan fingerprint density at radius 1 is 1.29 bits per heavy atom. The second-order valence-corrected chi connectivity index (χ2v) is 7.22. The van der Waals surface area contributed by atoms with Gasteiger partial charge >= 0.3 is 0 Å². The van der Waals surface area contributed by atoms with Gasteiger partial charge in [0.05, 0.1) is 11.4 Å². The van der Waals surface area contributed by atoms with Crippen molar-refractivity contribution in [1.82, 2.24) is 0 Å². The van der Waals surface area contributed by atoms with Gasteiger partial charge in [-0.15, -0.1) is 0 Å². The molecule has 2 unspecified atom stereocenters. The van der Waals surface area contributed by atoms with E-state index in [0.717, 1.165) is 6.26 Å². The lowest BCUT2D eigenvalue weighted by Gasteiger charge is -2.18. The minimum atomic E-state index is -3.28. The van der Waals surface area contributed by atoms with Crippen molar-refractivity contribution >= 4 is 33.0 Å². The van der Waals surface area contributed by atoms with Crippen LogP contribution in [0.1, 0.15) is 12.5 Å². The van der Waals surface area contributed by atoms with Crippen LogP contribution in [0.25, 0.3) is 0 Å². The number of aliphatic hydroxyl groups is 1. The van der Waals surface area contributed by atoms with Crippen molar-refractivity contribution in [3.05, 3.63) is 33.8 Å². The Kier molecular flexibility index (Phi) is 4.84. The molecule has 1 aromatic rings. The standard InChI is InChI=1S/C11H14Cl2O3S/c1-7(17(2,15)16)11(14)6-8-9(12)4-3-5-10(8)13/h3-5,7,11,14H,6H2,1-2H3. The molecule has 0 heterocycles. The second kappa shape index (κ2) is 5.57. The fraction of sp³-hybridized carbons (Fsp3) is 0.455. The van der Waals surface area contributed by atoms with E-state index < -0.39 is 21.2 Å². The van der Waals surface area contributed by atoms with E-state index in [1.54, 1.807) is 18.2 Å². The number of halogens is 2. The quantitative estimate of drug-likeness (QED) is 0.928. The number of aliphatic hydroxyl groups excluding tert-OH is 1. The average molecular weight is 297 g/mol. The molecule has 0 aliphatic rings. The third-order valence-corrected chi connectivity index (χ3v) is 5.07. The molecule has 0 aliphatic carbocycles. The highest BCUT2D eigenvalue weighted by Gasteiger charge is 2.25. The Bertz CT molecular complexity index is 479. The molecule has 0 saturated carbocycles. The van der Waals surface area contributed by atoms with Crippen LogP contribution >= 0.6 is 23.2 Å². The summed E-state index contributed by atoms with van der Waals surface area (Å²) in [6.45, 7) is 1.46. The first kappa shape index (κ1) is 14.8. The summed E-state index contributed by atoms with van der Waals surface area (Å²) in [7, 11) is -3.28. The molecule has 0 bridgehead atoms. The van der Waals surface area contributed by atoms with Crippen molar-refractivity contribution in [3.63, 3.8) is 0 Å². The molecule has 0 aromatic heterocycles. The smallest absolute Gasteiger partial charge is 0.152 e. The summed E-state index contributed by atoms with van der Waals surface area (Å²) >= 11 is 11.9. The fourth-order valence-corrected chi connectivity index (χ4v) is 2.61. The van der Waals surface area contributed by atoms with Crippen LogP contribution in [0.2, 0.25) is 10.0 Å². The first-order valence-electron chi connectivity index (χ1n) is 5.03. The Hall–Kier alpha value is -0.290. The summed E-state index contributed by atoms with van der Waals surface area (Å²) in [4.78, 5) is 0. The molecule has 0 fully saturated rings. The molecule has 1 rings (SSSR count). The van der Waals surface area contributed by atoms with Crippen molar-refractivity contribution < 1.29 is 13.5 Å². The van der Waals surface area contributed by atoms with Crippen LogP contribution in [0.3, 0.4) is 0 Å². The summed E-state index contributed by atoms with van der Waals surface area (Å²) < 4.78 is 22.6. The Morgan fingerprint density at radius 3 is 2.18 bits per heavy atom. The highest BCUT2D eigenvalue weighted by atomic mass is 35.5. The van der Waals surface area contributed by atoms with Crippen LogP contribution < -0.4 is 0 Å². The minimum absolute atomic E-state index is 0.118. The lowest BCUT2D eigenvalue weighted by Crippen LogP contribution is -2.32. The summed E-state index contributed by atoms with van der Waals surface area (Å²) in [6, 6.07) is 5.00. The van der Waals surface area contributed by atoms with Crippen LogP contribution in [0.5, 0.6) is 0 Å². The molecule has 2 atom stereocenters. The van der Waals surface area contributed by atoms with Gasteiger partial charge < -0.3 is 5.11 Å². The van der Waals surface area contributed by atoms with E-state index in [1.165, 1.54) is 6.92 Å². The summed E-state index contributed by atoms with van der Waals surface area (Å²) in [5, 5.41) is 9.86. The molecular weight excluding hydrogens is 283 g/mol. The van der Waals surface area contributed by atoms with Gasteiger partial charge in [0, 0.05) is 22.7 Å². The maximum Gasteiger partial charge on any atom is 0.152 e. The van der Waals surface area contributed by atoms with E-state index in [9.17, 15) is 13.5 Å². The lowest BCUT2D eigenvalue weighted by atomic mass is 10.1. The third-order valence-electron chi connectivity index (χ3n) is 2.69. The number of hydrogen-bond acceptors (Lipinski definition) is 3. The van der Waals surface area contributed by atoms with Gasteiger partial charge in [-0.05, 0) is 24.6 Å². The van der Waals surface area contributed by atoms with Crippen molar-refractivity contribution in [2.24, 2.45) is 0 Å². The van der Waals surface area contributed by atoms with Crippen molar-refractivity contribution in [2.75, 3.05) is 6.26 Å². The van der Waals surface area contributed by atoms with Crippen LogP contribution in [0, 0.1) is 0 Å². The van der Waals surface area contributed by atoms with Crippen LogP contribution in [-0.4, -0.2) is 31.1 Å². The van der Waals surface area contributed by atoms with E-state index in [2.05, 4.69) is 0 Å². The van der Waals surface area contributed by atoms with E-state index >= 15 is 0 Å². The summed E-state index contributed by atoms with van der Waals surface area (Å²) in [6.07, 6.45) is 0.185.